The molecule has 8 heteroatoms. The van der Waals surface area contributed by atoms with E-state index in [0.717, 1.165) is 11.4 Å². The molecule has 0 bridgehead atoms. The molecule has 8 nitrogen and oxygen atoms in total. The topological polar surface area (TPSA) is 101 Å². The fraction of sp³-hybridized carbons (Fsp3) is 0.263. The molecular formula is C19H20N4O4. The van der Waals surface area contributed by atoms with Crippen LogP contribution in [0, 0.1) is 35.3 Å². The molecule has 27 heavy (non-hydrogen) atoms. The van der Waals surface area contributed by atoms with Crippen LogP contribution in [0.4, 0.5) is 5.69 Å². The zero-order chi connectivity index (χ0) is 20.3. The van der Waals surface area contributed by atoms with E-state index in [1.165, 1.54) is 24.1 Å². The second-order valence-electron chi connectivity index (χ2n) is 6.14. The first-order valence-corrected chi connectivity index (χ1v) is 8.06. The number of likely N-dealkylation sites (N-methyl/N-ethyl adjacent to an activating group) is 1. The van der Waals surface area contributed by atoms with E-state index in [2.05, 4.69) is 0 Å². The first-order chi connectivity index (χ1) is 12.7. The van der Waals surface area contributed by atoms with E-state index in [4.69, 9.17) is 4.74 Å². The lowest BCUT2D eigenvalue weighted by Gasteiger charge is -2.14. The van der Waals surface area contributed by atoms with E-state index >= 15 is 0 Å². The van der Waals surface area contributed by atoms with Crippen LogP contribution in [0.1, 0.15) is 17.0 Å². The number of hydrogen-bond acceptors (Lipinski definition) is 5. The van der Waals surface area contributed by atoms with Crippen LogP contribution in [0.25, 0.3) is 11.8 Å². The highest BCUT2D eigenvalue weighted by molar-refractivity contribution is 6.01. The monoisotopic (exact) mass is 368 g/mol. The molecule has 0 aliphatic rings. The van der Waals surface area contributed by atoms with Crippen LogP contribution in [0.3, 0.4) is 0 Å². The lowest BCUT2D eigenvalue weighted by atomic mass is 10.1. The number of nitro benzene ring substituents is 1. The number of non-ortho nitro benzene ring substituents is 1. The van der Waals surface area contributed by atoms with Crippen LogP contribution in [-0.4, -0.2) is 41.5 Å². The zero-order valence-corrected chi connectivity index (χ0v) is 15.8. The smallest absolute Gasteiger partial charge is 0.273 e. The predicted molar refractivity (Wildman–Crippen MR) is 101 cm³/mol. The summed E-state index contributed by atoms with van der Waals surface area (Å²) < 4.78 is 7.19. The summed E-state index contributed by atoms with van der Waals surface area (Å²) >= 11 is 0. The van der Waals surface area contributed by atoms with Crippen LogP contribution in [0.15, 0.2) is 29.8 Å². The summed E-state index contributed by atoms with van der Waals surface area (Å²) in [6, 6.07) is 8.15. The Hall–Kier alpha value is -3.60. The lowest BCUT2D eigenvalue weighted by molar-refractivity contribution is -0.384. The quantitative estimate of drug-likeness (QED) is 0.349. The second-order valence-corrected chi connectivity index (χ2v) is 6.14. The molecule has 0 fully saturated rings. The predicted octanol–water partition coefficient (Wildman–Crippen LogP) is 3.01. The minimum Gasteiger partial charge on any atom is -0.494 e. The molecule has 0 atom stereocenters. The highest BCUT2D eigenvalue weighted by Gasteiger charge is 2.18. The third-order valence-corrected chi connectivity index (χ3v) is 4.14. The number of rotatable bonds is 5. The van der Waals surface area contributed by atoms with E-state index in [0.29, 0.717) is 17.0 Å². The average molecular weight is 368 g/mol. The molecule has 2 aromatic rings. The molecule has 0 aliphatic heterocycles. The largest absolute Gasteiger partial charge is 0.494 e. The van der Waals surface area contributed by atoms with Gasteiger partial charge in [0.2, 0.25) is 0 Å². The SMILES string of the molecule is COc1cc([N+](=O)[O-])ccc1-n1c(C)cc(/C=C(/C#N)C(=O)N(C)C)c1C. The van der Waals surface area contributed by atoms with Crippen LogP contribution < -0.4 is 4.74 Å². The van der Waals surface area contributed by atoms with Gasteiger partial charge >= 0.3 is 0 Å². The van der Waals surface area contributed by atoms with Crippen LogP contribution >= 0.6 is 0 Å². The third-order valence-electron chi connectivity index (χ3n) is 4.14. The van der Waals surface area contributed by atoms with Crippen molar-refractivity contribution in [3.8, 4) is 17.5 Å². The van der Waals surface area contributed by atoms with Crippen molar-refractivity contribution in [3.05, 3.63) is 56.9 Å². The number of aryl methyl sites for hydroxylation is 1. The number of ether oxygens (including phenoxy) is 1. The Morgan fingerprint density at radius 2 is 2.00 bits per heavy atom. The molecule has 0 saturated carbocycles. The molecule has 140 valence electrons. The van der Waals surface area contributed by atoms with Gasteiger partial charge in [0.05, 0.1) is 23.8 Å². The highest BCUT2D eigenvalue weighted by atomic mass is 16.6. The van der Waals surface area contributed by atoms with Crippen molar-refractivity contribution >= 4 is 17.7 Å². The summed E-state index contributed by atoms with van der Waals surface area (Å²) in [6.45, 7) is 3.71. The maximum absolute atomic E-state index is 12.1. The van der Waals surface area contributed by atoms with Crippen LogP contribution in [-0.2, 0) is 4.79 Å². The van der Waals surface area contributed by atoms with Gasteiger partial charge in [0.25, 0.3) is 11.6 Å². The Morgan fingerprint density at radius 1 is 1.33 bits per heavy atom. The highest BCUT2D eigenvalue weighted by Crippen LogP contribution is 2.32. The fourth-order valence-corrected chi connectivity index (χ4v) is 2.81. The molecule has 0 saturated heterocycles. The number of nitro groups is 1. The summed E-state index contributed by atoms with van der Waals surface area (Å²) in [5.74, 6) is -0.0263. The Kier molecular flexibility index (Phi) is 5.66. The van der Waals surface area contributed by atoms with Crippen molar-refractivity contribution in [3.63, 3.8) is 0 Å². The summed E-state index contributed by atoms with van der Waals surface area (Å²) in [6.07, 6.45) is 1.54. The molecule has 0 aliphatic carbocycles. The normalized spacial score (nSPS) is 11.0. The first-order valence-electron chi connectivity index (χ1n) is 8.06. The van der Waals surface area contributed by atoms with Gasteiger partial charge in [-0.05, 0) is 37.6 Å². The van der Waals surface area contributed by atoms with Crippen molar-refractivity contribution in [2.45, 2.75) is 13.8 Å². The van der Waals surface area contributed by atoms with Crippen molar-refractivity contribution in [2.24, 2.45) is 0 Å². The number of nitriles is 1. The summed E-state index contributed by atoms with van der Waals surface area (Å²) in [5.41, 5.74) is 2.91. The Labute approximate surface area is 157 Å². The van der Waals surface area contributed by atoms with E-state index in [-0.39, 0.29) is 17.2 Å². The van der Waals surface area contributed by atoms with Gasteiger partial charge in [-0.2, -0.15) is 5.26 Å². The average Bonchev–Trinajstić information content (AvgIpc) is 2.91. The molecule has 0 N–H and O–H groups in total. The van der Waals surface area contributed by atoms with E-state index in [1.54, 1.807) is 26.2 Å². The number of methoxy groups -OCH3 is 1. The van der Waals surface area contributed by atoms with Gasteiger partial charge in [-0.15, -0.1) is 0 Å². The van der Waals surface area contributed by atoms with Crippen LogP contribution in [0.5, 0.6) is 5.75 Å². The number of benzene rings is 1. The van der Waals surface area contributed by atoms with E-state index in [1.807, 2.05) is 30.6 Å². The standard InChI is InChI=1S/C19H20N4O4/c1-12-8-14(9-15(11-20)19(24)21(3)4)13(2)22(12)17-7-6-16(23(25)26)10-18(17)27-5/h6-10H,1-5H3/b15-9-. The molecule has 2 rings (SSSR count). The number of aromatic nitrogens is 1. The van der Waals surface area contributed by atoms with E-state index < -0.39 is 4.92 Å². The second kappa shape index (κ2) is 7.74. The number of carbonyl (C=O) groups is 1. The Morgan fingerprint density at radius 3 is 2.52 bits per heavy atom. The summed E-state index contributed by atoms with van der Waals surface area (Å²) in [7, 11) is 4.61. The Bertz CT molecular complexity index is 980. The number of carbonyl (C=O) groups excluding carboxylic acids is 1. The minimum absolute atomic E-state index is 0.0240. The number of nitrogens with zero attached hydrogens (tertiary/aromatic N) is 4. The van der Waals surface area contributed by atoms with Gasteiger partial charge in [-0.25, -0.2) is 0 Å². The van der Waals surface area contributed by atoms with Gasteiger partial charge in [-0.3, -0.25) is 14.9 Å². The molecular weight excluding hydrogens is 348 g/mol. The third kappa shape index (κ3) is 3.82. The van der Waals surface area contributed by atoms with Crippen LogP contribution in [0.2, 0.25) is 0 Å². The molecule has 1 aromatic carbocycles. The fourth-order valence-electron chi connectivity index (χ4n) is 2.81. The number of hydrogen-bond donors (Lipinski definition) is 0. The molecule has 1 heterocycles. The van der Waals surface area contributed by atoms with Crippen molar-refractivity contribution in [2.75, 3.05) is 21.2 Å². The van der Waals surface area contributed by atoms with Gasteiger partial charge < -0.3 is 14.2 Å². The minimum atomic E-state index is -0.484. The molecule has 0 spiro atoms. The van der Waals surface area contributed by atoms with Crippen molar-refractivity contribution < 1.29 is 14.5 Å². The van der Waals surface area contributed by atoms with E-state index in [9.17, 15) is 20.2 Å². The van der Waals surface area contributed by atoms with Gasteiger partial charge in [0.1, 0.15) is 17.4 Å². The van der Waals surface area contributed by atoms with Gasteiger partial charge in [0.15, 0.2) is 0 Å². The molecule has 1 aromatic heterocycles. The first kappa shape index (κ1) is 19.7. The Balaban J connectivity index is 2.62. The lowest BCUT2D eigenvalue weighted by Crippen LogP contribution is -2.22. The van der Waals surface area contributed by atoms with Gasteiger partial charge in [0, 0.05) is 31.5 Å². The van der Waals surface area contributed by atoms with Gasteiger partial charge in [-0.1, -0.05) is 0 Å². The maximum Gasteiger partial charge on any atom is 0.273 e. The molecule has 0 radical (unpaired) electrons. The van der Waals surface area contributed by atoms with Crippen molar-refractivity contribution in [1.82, 2.24) is 9.47 Å². The molecule has 0 unspecified atom stereocenters. The molecule has 1 amide bonds. The summed E-state index contributed by atoms with van der Waals surface area (Å²) in [5, 5.41) is 20.3. The zero-order valence-electron chi connectivity index (χ0n) is 15.8. The summed E-state index contributed by atoms with van der Waals surface area (Å²) in [4.78, 5) is 24.0. The van der Waals surface area contributed by atoms with Crippen molar-refractivity contribution in [1.29, 1.82) is 5.26 Å². The maximum atomic E-state index is 12.1. The number of amides is 1.